The number of aromatic nitrogens is 1. The van der Waals surface area contributed by atoms with Crippen molar-refractivity contribution in [3.63, 3.8) is 0 Å². The highest BCUT2D eigenvalue weighted by molar-refractivity contribution is 7.15. The number of methoxy groups -OCH3 is 2. The van der Waals surface area contributed by atoms with Crippen molar-refractivity contribution >= 4 is 16.5 Å². The van der Waals surface area contributed by atoms with Crippen LogP contribution in [0.2, 0.25) is 0 Å². The second kappa shape index (κ2) is 5.47. The number of rotatable bonds is 4. The Labute approximate surface area is 98.9 Å². The van der Waals surface area contributed by atoms with Crippen LogP contribution in [0, 0.1) is 0 Å². The number of anilines is 1. The Morgan fingerprint density at radius 2 is 2.12 bits per heavy atom. The monoisotopic (exact) mass is 244 g/mol. The minimum atomic E-state index is 0.547. The molecular formula is C10H16N2O3S. The summed E-state index contributed by atoms with van der Waals surface area (Å²) in [7, 11) is 3.31. The Kier molecular flexibility index (Phi) is 3.98. The van der Waals surface area contributed by atoms with Crippen molar-refractivity contribution in [1.29, 1.82) is 0 Å². The quantitative estimate of drug-likeness (QED) is 0.794. The molecule has 1 aromatic heterocycles. The fourth-order valence-corrected chi connectivity index (χ4v) is 2.65. The van der Waals surface area contributed by atoms with Crippen molar-refractivity contribution in [1.82, 2.24) is 4.98 Å². The van der Waals surface area contributed by atoms with Gasteiger partial charge in [0.05, 0.1) is 31.8 Å². The summed E-state index contributed by atoms with van der Waals surface area (Å²) in [6.45, 7) is 3.86. The van der Waals surface area contributed by atoms with Crippen LogP contribution in [-0.2, 0) is 16.1 Å². The first-order chi connectivity index (χ1) is 7.85. The molecule has 90 valence electrons. The minimum Gasteiger partial charge on any atom is -0.480 e. The van der Waals surface area contributed by atoms with Crippen LogP contribution >= 0.6 is 11.3 Å². The average molecular weight is 244 g/mol. The molecule has 0 bridgehead atoms. The summed E-state index contributed by atoms with van der Waals surface area (Å²) in [5, 5.41) is 0.993. The summed E-state index contributed by atoms with van der Waals surface area (Å²) in [4.78, 5) is 7.71. The molecule has 0 radical (unpaired) electrons. The fraction of sp³-hybridized carbons (Fsp3) is 0.700. The molecular weight excluding hydrogens is 228 g/mol. The highest BCUT2D eigenvalue weighted by Crippen LogP contribution is 2.32. The highest BCUT2D eigenvalue weighted by Gasteiger charge is 2.18. The normalized spacial score (nSPS) is 16.5. The number of ether oxygens (including phenoxy) is 3. The van der Waals surface area contributed by atoms with Gasteiger partial charge in [-0.25, -0.2) is 0 Å². The molecule has 1 aromatic rings. The molecule has 0 saturated carbocycles. The highest BCUT2D eigenvalue weighted by atomic mass is 32.1. The fourth-order valence-electron chi connectivity index (χ4n) is 1.60. The zero-order valence-corrected chi connectivity index (χ0v) is 10.4. The Hall–Kier alpha value is -0.850. The Morgan fingerprint density at radius 1 is 1.38 bits per heavy atom. The largest absolute Gasteiger partial charge is 0.480 e. The van der Waals surface area contributed by atoms with Crippen LogP contribution in [0.4, 0.5) is 5.13 Å². The molecule has 0 amide bonds. The number of hydrogen-bond acceptors (Lipinski definition) is 6. The lowest BCUT2D eigenvalue weighted by Gasteiger charge is -2.25. The van der Waals surface area contributed by atoms with Gasteiger partial charge in [0.15, 0.2) is 5.13 Å². The summed E-state index contributed by atoms with van der Waals surface area (Å²) in [6, 6.07) is 0. The molecule has 6 heteroatoms. The predicted octanol–water partition coefficient (Wildman–Crippen LogP) is 1.13. The van der Waals surface area contributed by atoms with E-state index in [1.807, 2.05) is 0 Å². The van der Waals surface area contributed by atoms with Crippen molar-refractivity contribution in [2.75, 3.05) is 45.4 Å². The summed E-state index contributed by atoms with van der Waals surface area (Å²) < 4.78 is 15.7. The van der Waals surface area contributed by atoms with Crippen LogP contribution in [0.3, 0.4) is 0 Å². The summed E-state index contributed by atoms with van der Waals surface area (Å²) >= 11 is 1.62. The number of nitrogens with zero attached hydrogens (tertiary/aromatic N) is 2. The first-order valence-corrected chi connectivity index (χ1v) is 6.02. The average Bonchev–Trinajstić information content (AvgIpc) is 2.74. The maximum absolute atomic E-state index is 5.31. The first kappa shape index (κ1) is 11.6. The summed E-state index contributed by atoms with van der Waals surface area (Å²) in [5.41, 5.74) is 0. The maximum atomic E-state index is 5.31. The van der Waals surface area contributed by atoms with E-state index in [2.05, 4.69) is 9.88 Å². The van der Waals surface area contributed by atoms with Crippen molar-refractivity contribution < 1.29 is 14.2 Å². The van der Waals surface area contributed by atoms with E-state index in [0.717, 1.165) is 36.3 Å². The third kappa shape index (κ3) is 2.45. The van der Waals surface area contributed by atoms with Gasteiger partial charge in [0.25, 0.3) is 0 Å². The van der Waals surface area contributed by atoms with Gasteiger partial charge in [-0.05, 0) is 0 Å². The number of hydrogen-bond donors (Lipinski definition) is 0. The zero-order chi connectivity index (χ0) is 11.4. The molecule has 5 nitrogen and oxygen atoms in total. The Balaban J connectivity index is 2.14. The van der Waals surface area contributed by atoms with Gasteiger partial charge in [0.1, 0.15) is 0 Å². The van der Waals surface area contributed by atoms with E-state index in [0.29, 0.717) is 12.5 Å². The molecule has 1 aliphatic heterocycles. The van der Waals surface area contributed by atoms with Crippen molar-refractivity contribution in [3.05, 3.63) is 4.88 Å². The molecule has 0 unspecified atom stereocenters. The molecule has 0 spiro atoms. The third-order valence-electron chi connectivity index (χ3n) is 2.40. The van der Waals surface area contributed by atoms with E-state index in [9.17, 15) is 0 Å². The van der Waals surface area contributed by atoms with Gasteiger partial charge in [0.2, 0.25) is 5.88 Å². The molecule has 0 aromatic carbocycles. The van der Waals surface area contributed by atoms with Gasteiger partial charge < -0.3 is 19.1 Å². The number of thiazole rings is 1. The molecule has 0 aliphatic carbocycles. The van der Waals surface area contributed by atoms with Gasteiger partial charge in [-0.1, -0.05) is 11.3 Å². The van der Waals surface area contributed by atoms with E-state index < -0.39 is 0 Å². The SMILES string of the molecule is COCc1sc(N2CCOCC2)nc1OC. The van der Waals surface area contributed by atoms with E-state index in [-0.39, 0.29) is 0 Å². The molecule has 0 N–H and O–H groups in total. The lowest BCUT2D eigenvalue weighted by atomic mass is 10.5. The minimum absolute atomic E-state index is 0.547. The molecule has 1 saturated heterocycles. The molecule has 1 fully saturated rings. The maximum Gasteiger partial charge on any atom is 0.231 e. The predicted molar refractivity (Wildman–Crippen MR) is 62.4 cm³/mol. The van der Waals surface area contributed by atoms with E-state index >= 15 is 0 Å². The second-order valence-corrected chi connectivity index (χ2v) is 4.52. The topological polar surface area (TPSA) is 43.8 Å². The summed E-state index contributed by atoms with van der Waals surface area (Å²) in [5.74, 6) is 0.674. The lowest BCUT2D eigenvalue weighted by molar-refractivity contribution is 0.122. The zero-order valence-electron chi connectivity index (χ0n) is 9.56. The first-order valence-electron chi connectivity index (χ1n) is 5.20. The van der Waals surface area contributed by atoms with Crippen LogP contribution in [0.1, 0.15) is 4.88 Å². The molecule has 2 rings (SSSR count). The smallest absolute Gasteiger partial charge is 0.231 e. The number of morpholine rings is 1. The second-order valence-electron chi connectivity index (χ2n) is 3.46. The van der Waals surface area contributed by atoms with Crippen LogP contribution < -0.4 is 9.64 Å². The standard InChI is InChI=1S/C10H16N2O3S/c1-13-7-8-9(14-2)11-10(16-8)12-3-5-15-6-4-12/h3-7H2,1-2H3. The van der Waals surface area contributed by atoms with Gasteiger partial charge in [-0.3, -0.25) is 0 Å². The van der Waals surface area contributed by atoms with E-state index in [1.54, 1.807) is 25.6 Å². The molecule has 0 atom stereocenters. The van der Waals surface area contributed by atoms with Crippen LogP contribution in [0.25, 0.3) is 0 Å². The molecule has 2 heterocycles. The van der Waals surface area contributed by atoms with E-state index in [4.69, 9.17) is 14.2 Å². The van der Waals surface area contributed by atoms with Crippen molar-refractivity contribution in [2.45, 2.75) is 6.61 Å². The van der Waals surface area contributed by atoms with Crippen molar-refractivity contribution in [2.24, 2.45) is 0 Å². The Morgan fingerprint density at radius 3 is 2.75 bits per heavy atom. The third-order valence-corrected chi connectivity index (χ3v) is 3.47. The van der Waals surface area contributed by atoms with Gasteiger partial charge in [-0.15, -0.1) is 0 Å². The van der Waals surface area contributed by atoms with Crippen LogP contribution in [-0.4, -0.2) is 45.5 Å². The lowest BCUT2D eigenvalue weighted by Crippen LogP contribution is -2.36. The van der Waals surface area contributed by atoms with Crippen molar-refractivity contribution in [3.8, 4) is 5.88 Å². The van der Waals surface area contributed by atoms with E-state index in [1.165, 1.54) is 0 Å². The molecule has 1 aliphatic rings. The Bertz CT molecular complexity index is 337. The van der Waals surface area contributed by atoms with Gasteiger partial charge in [-0.2, -0.15) is 4.98 Å². The molecule has 16 heavy (non-hydrogen) atoms. The van der Waals surface area contributed by atoms with Gasteiger partial charge in [0, 0.05) is 20.2 Å². The van der Waals surface area contributed by atoms with Crippen LogP contribution in [0.15, 0.2) is 0 Å². The van der Waals surface area contributed by atoms with Crippen LogP contribution in [0.5, 0.6) is 5.88 Å². The van der Waals surface area contributed by atoms with Gasteiger partial charge >= 0.3 is 0 Å². The summed E-state index contributed by atoms with van der Waals surface area (Å²) in [6.07, 6.45) is 0.